The van der Waals surface area contributed by atoms with E-state index in [1.54, 1.807) is 13.8 Å². The van der Waals surface area contributed by atoms with Crippen LogP contribution in [0.25, 0.3) is 0 Å². The Morgan fingerprint density at radius 1 is 1.23 bits per heavy atom. The van der Waals surface area contributed by atoms with Gasteiger partial charge in [0.1, 0.15) is 6.10 Å². The highest BCUT2D eigenvalue weighted by Gasteiger charge is 2.38. The van der Waals surface area contributed by atoms with Gasteiger partial charge in [0.25, 0.3) is 0 Å². The topological polar surface area (TPSA) is 101 Å². The highest BCUT2D eigenvalue weighted by Crippen LogP contribution is 2.48. The molecule has 0 aromatic heterocycles. The predicted molar refractivity (Wildman–Crippen MR) is 98.2 cm³/mol. The molecule has 26 heavy (non-hydrogen) atoms. The van der Waals surface area contributed by atoms with Gasteiger partial charge in [0, 0.05) is 0 Å². The number of hydrogen-bond donors (Lipinski definition) is 2. The van der Waals surface area contributed by atoms with Crippen molar-refractivity contribution in [1.82, 2.24) is 10.4 Å². The number of hydrogen-bond acceptors (Lipinski definition) is 6. The van der Waals surface area contributed by atoms with Crippen LogP contribution in [0, 0.1) is 5.41 Å². The zero-order valence-corrected chi connectivity index (χ0v) is 16.2. The van der Waals surface area contributed by atoms with Gasteiger partial charge >= 0.3 is 13.6 Å². The molecule has 1 heterocycles. The summed E-state index contributed by atoms with van der Waals surface area (Å²) in [6.45, 7) is 5.84. The maximum atomic E-state index is 12.5. The Kier molecular flexibility index (Phi) is 7.34. The molecule has 8 nitrogen and oxygen atoms in total. The number of nitrogens with one attached hydrogen (secondary N) is 2. The average molecular weight is 383 g/mol. The van der Waals surface area contributed by atoms with Crippen LogP contribution in [0.4, 0.5) is 4.79 Å². The summed E-state index contributed by atoms with van der Waals surface area (Å²) in [5, 5.41) is 11.8. The van der Waals surface area contributed by atoms with Gasteiger partial charge in [0.15, 0.2) is 5.84 Å². The molecule has 2 rings (SSSR count). The van der Waals surface area contributed by atoms with Crippen LogP contribution in [0.15, 0.2) is 30.3 Å². The Morgan fingerprint density at radius 3 is 2.42 bits per heavy atom. The number of nitrogens with zero attached hydrogens (tertiary/aromatic N) is 1. The fourth-order valence-electron chi connectivity index (χ4n) is 2.63. The highest BCUT2D eigenvalue weighted by atomic mass is 31.2. The summed E-state index contributed by atoms with van der Waals surface area (Å²) in [6.07, 6.45) is -0.00935. The molecule has 0 radical (unpaired) electrons. The lowest BCUT2D eigenvalue weighted by Crippen LogP contribution is -2.32. The summed E-state index contributed by atoms with van der Waals surface area (Å²) in [4.78, 5) is 17.8. The molecule has 2 unspecified atom stereocenters. The Hall–Kier alpha value is -1.73. The van der Waals surface area contributed by atoms with E-state index in [4.69, 9.17) is 19.3 Å². The maximum absolute atomic E-state index is 12.5. The van der Waals surface area contributed by atoms with Crippen LogP contribution >= 0.6 is 7.60 Å². The molecule has 9 heteroatoms. The van der Waals surface area contributed by atoms with Crippen molar-refractivity contribution in [2.75, 3.05) is 19.4 Å². The lowest BCUT2D eigenvalue weighted by molar-refractivity contribution is -0.103. The molecule has 1 aromatic rings. The van der Waals surface area contributed by atoms with E-state index >= 15 is 0 Å². The summed E-state index contributed by atoms with van der Waals surface area (Å²) >= 11 is 0. The first-order chi connectivity index (χ1) is 12.4. The van der Waals surface area contributed by atoms with Crippen LogP contribution in [0.2, 0.25) is 0 Å². The Labute approximate surface area is 153 Å². The van der Waals surface area contributed by atoms with E-state index in [0.29, 0.717) is 0 Å². The molecule has 2 atom stereocenters. The molecule has 2 N–H and O–H groups in total. The maximum Gasteiger partial charge on any atom is 0.347 e. The lowest BCUT2D eigenvalue weighted by Gasteiger charge is -2.21. The van der Waals surface area contributed by atoms with Gasteiger partial charge < -0.3 is 14.4 Å². The number of benzene rings is 1. The van der Waals surface area contributed by atoms with Crippen molar-refractivity contribution in [3.8, 4) is 0 Å². The van der Waals surface area contributed by atoms with Crippen LogP contribution < -0.4 is 5.32 Å². The fraction of sp³-hybridized carbons (Fsp3) is 0.529. The van der Waals surface area contributed by atoms with E-state index in [0.717, 1.165) is 10.6 Å². The summed E-state index contributed by atoms with van der Waals surface area (Å²) in [5.74, 6) is -0.0164. The minimum atomic E-state index is -3.22. The van der Waals surface area contributed by atoms with Gasteiger partial charge in [-0.1, -0.05) is 30.3 Å². The van der Waals surface area contributed by atoms with E-state index in [1.807, 2.05) is 37.3 Å². The molecule has 0 bridgehead atoms. The van der Waals surface area contributed by atoms with Crippen molar-refractivity contribution in [2.45, 2.75) is 39.3 Å². The molecule has 1 aliphatic rings. The first kappa shape index (κ1) is 20.6. The minimum absolute atomic E-state index is 0.0164. The predicted octanol–water partition coefficient (Wildman–Crippen LogP) is 3.71. The molecule has 1 aliphatic heterocycles. The van der Waals surface area contributed by atoms with Crippen molar-refractivity contribution in [2.24, 2.45) is 0 Å². The number of carbonyl (C=O) groups is 1. The third-order valence-electron chi connectivity index (χ3n) is 3.91. The smallest absolute Gasteiger partial charge is 0.326 e. The van der Waals surface area contributed by atoms with Crippen LogP contribution in [-0.2, 0) is 18.5 Å². The SMILES string of the molecule is CCOP(=O)(CCC1NC(=O)N(OC(C)c2ccccc2)C1=N)OCC. The monoisotopic (exact) mass is 383 g/mol. The number of carbonyl (C=O) groups excluding carboxylic acids is 1. The zero-order valence-electron chi connectivity index (χ0n) is 15.3. The summed E-state index contributed by atoms with van der Waals surface area (Å²) in [7, 11) is -3.22. The molecule has 1 fully saturated rings. The van der Waals surface area contributed by atoms with Gasteiger partial charge in [-0.2, -0.15) is 5.06 Å². The number of amidine groups is 1. The van der Waals surface area contributed by atoms with Crippen molar-refractivity contribution < 1.29 is 23.2 Å². The number of amides is 2. The molecular weight excluding hydrogens is 357 g/mol. The number of hydroxylamine groups is 2. The molecule has 0 spiro atoms. The van der Waals surface area contributed by atoms with Crippen molar-refractivity contribution in [3.05, 3.63) is 35.9 Å². The normalized spacial score (nSPS) is 18.9. The van der Waals surface area contributed by atoms with E-state index in [1.165, 1.54) is 0 Å². The van der Waals surface area contributed by atoms with Gasteiger partial charge in [-0.3, -0.25) is 14.8 Å². The minimum Gasteiger partial charge on any atom is -0.326 e. The van der Waals surface area contributed by atoms with Crippen molar-refractivity contribution in [3.63, 3.8) is 0 Å². The first-order valence-corrected chi connectivity index (χ1v) is 10.4. The molecular formula is C17H26N3O5P. The molecule has 0 aliphatic carbocycles. The molecule has 2 amide bonds. The van der Waals surface area contributed by atoms with E-state index in [-0.39, 0.29) is 37.7 Å². The summed E-state index contributed by atoms with van der Waals surface area (Å²) in [6, 6.07) is 8.33. The van der Waals surface area contributed by atoms with E-state index in [2.05, 4.69) is 5.32 Å². The lowest BCUT2D eigenvalue weighted by atomic mass is 10.1. The van der Waals surface area contributed by atoms with Crippen molar-refractivity contribution >= 4 is 19.5 Å². The second kappa shape index (κ2) is 9.28. The van der Waals surface area contributed by atoms with Gasteiger partial charge in [-0.25, -0.2) is 4.79 Å². The zero-order chi connectivity index (χ0) is 19.2. The Morgan fingerprint density at radius 2 is 1.85 bits per heavy atom. The molecule has 1 aromatic carbocycles. The standard InChI is InChI=1S/C17H26N3O5P/c1-4-23-26(22,24-5-2)12-11-15-16(18)20(17(21)19-15)25-13(3)14-9-7-6-8-10-14/h6-10,13,15,18H,4-5,11-12H2,1-3H3,(H,19,21). The summed E-state index contributed by atoms with van der Waals surface area (Å²) in [5.41, 5.74) is 0.897. The van der Waals surface area contributed by atoms with Crippen molar-refractivity contribution in [1.29, 1.82) is 5.41 Å². The third kappa shape index (κ3) is 5.14. The van der Waals surface area contributed by atoms with Crippen LogP contribution in [0.3, 0.4) is 0 Å². The van der Waals surface area contributed by atoms with Crippen LogP contribution in [-0.4, -0.2) is 42.3 Å². The second-order valence-electron chi connectivity index (χ2n) is 5.80. The molecule has 1 saturated heterocycles. The fourth-order valence-corrected chi connectivity index (χ4v) is 4.32. The molecule has 144 valence electrons. The van der Waals surface area contributed by atoms with Gasteiger partial charge in [-0.05, 0) is 32.8 Å². The quantitative estimate of drug-likeness (QED) is 0.600. The number of rotatable bonds is 10. The summed E-state index contributed by atoms with van der Waals surface area (Å²) < 4.78 is 23.0. The third-order valence-corrected chi connectivity index (χ3v) is 6.02. The largest absolute Gasteiger partial charge is 0.347 e. The molecule has 0 saturated carbocycles. The number of urea groups is 1. The highest BCUT2D eigenvalue weighted by molar-refractivity contribution is 7.53. The van der Waals surface area contributed by atoms with Gasteiger partial charge in [0.05, 0.1) is 25.4 Å². The van der Waals surface area contributed by atoms with Crippen LogP contribution in [0.5, 0.6) is 0 Å². The Balaban J connectivity index is 1.96. The second-order valence-corrected chi connectivity index (χ2v) is 7.98. The van der Waals surface area contributed by atoms with E-state index in [9.17, 15) is 9.36 Å². The average Bonchev–Trinajstić information content (AvgIpc) is 2.89. The van der Waals surface area contributed by atoms with Gasteiger partial charge in [-0.15, -0.1) is 0 Å². The van der Waals surface area contributed by atoms with Crippen LogP contribution in [0.1, 0.15) is 38.9 Å². The Bertz CT molecular complexity index is 660. The first-order valence-electron chi connectivity index (χ1n) is 8.69. The van der Waals surface area contributed by atoms with Gasteiger partial charge in [0.2, 0.25) is 0 Å². The van der Waals surface area contributed by atoms with E-state index < -0.39 is 19.7 Å².